The number of aromatic nitrogens is 1. The number of rotatable bonds is 1. The molecule has 1 rings (SSSR count). The Morgan fingerprint density at radius 1 is 1.33 bits per heavy atom. The van der Waals surface area contributed by atoms with Crippen molar-refractivity contribution < 1.29 is 22.0 Å². The molecule has 1 heterocycles. The maximum atomic E-state index is 12.3. The zero-order chi connectivity index (χ0) is 11.8. The van der Waals surface area contributed by atoms with Crippen molar-refractivity contribution >= 4 is 27.5 Å². The molecule has 0 radical (unpaired) electrons. The average molecular weight is 310 g/mol. The van der Waals surface area contributed by atoms with Gasteiger partial charge >= 0.3 is 6.18 Å². The van der Waals surface area contributed by atoms with Gasteiger partial charge in [0.15, 0.2) is 0 Å². The second-order valence-electron chi connectivity index (χ2n) is 2.49. The van der Waals surface area contributed by atoms with Gasteiger partial charge in [-0.3, -0.25) is 0 Å². The van der Waals surface area contributed by atoms with Crippen molar-refractivity contribution in [3.63, 3.8) is 0 Å². The van der Waals surface area contributed by atoms with Crippen molar-refractivity contribution in [2.24, 2.45) is 0 Å². The lowest BCUT2D eigenvalue weighted by Gasteiger charge is -2.11. The van der Waals surface area contributed by atoms with Crippen molar-refractivity contribution in [2.45, 2.75) is 12.6 Å². The molecule has 0 atom stereocenters. The van der Waals surface area contributed by atoms with Gasteiger partial charge in [-0.1, -0.05) is 11.6 Å². The molecule has 84 valence electrons. The maximum Gasteiger partial charge on any atom is 0.420 e. The van der Waals surface area contributed by atoms with E-state index < -0.39 is 33.5 Å². The summed E-state index contributed by atoms with van der Waals surface area (Å²) in [5, 5.41) is -0.993. The maximum absolute atomic E-state index is 12.3. The number of pyridine rings is 1. The SMILES string of the molecule is FC(F)c1cc(Br)c(C(F)(F)F)c(Cl)n1. The summed E-state index contributed by atoms with van der Waals surface area (Å²) in [4.78, 5) is 2.97. The van der Waals surface area contributed by atoms with Gasteiger partial charge in [0, 0.05) is 4.47 Å². The van der Waals surface area contributed by atoms with E-state index in [4.69, 9.17) is 11.6 Å². The van der Waals surface area contributed by atoms with E-state index in [-0.39, 0.29) is 0 Å². The molecule has 0 unspecified atom stereocenters. The molecule has 0 bridgehead atoms. The van der Waals surface area contributed by atoms with E-state index in [9.17, 15) is 22.0 Å². The largest absolute Gasteiger partial charge is 0.420 e. The van der Waals surface area contributed by atoms with Gasteiger partial charge in [-0.05, 0) is 22.0 Å². The molecule has 0 saturated carbocycles. The van der Waals surface area contributed by atoms with Crippen molar-refractivity contribution in [1.29, 1.82) is 0 Å². The molecule has 15 heavy (non-hydrogen) atoms. The molecule has 8 heteroatoms. The third-order valence-corrected chi connectivity index (χ3v) is 2.35. The minimum Gasteiger partial charge on any atom is -0.234 e. The molecular weight excluding hydrogens is 308 g/mol. The van der Waals surface area contributed by atoms with Crippen LogP contribution >= 0.6 is 27.5 Å². The van der Waals surface area contributed by atoms with E-state index in [0.717, 1.165) is 0 Å². The Labute approximate surface area is 94.4 Å². The lowest BCUT2D eigenvalue weighted by molar-refractivity contribution is -0.138. The molecule has 1 nitrogen and oxygen atoms in total. The lowest BCUT2D eigenvalue weighted by atomic mass is 10.2. The summed E-state index contributed by atoms with van der Waals surface area (Å²) in [6, 6.07) is 0.597. The topological polar surface area (TPSA) is 12.9 Å². The first-order valence-electron chi connectivity index (χ1n) is 3.44. The first-order valence-corrected chi connectivity index (χ1v) is 4.62. The van der Waals surface area contributed by atoms with Gasteiger partial charge in [-0.2, -0.15) is 13.2 Å². The predicted octanol–water partition coefficient (Wildman–Crippen LogP) is 4.45. The third-order valence-electron chi connectivity index (χ3n) is 1.45. The molecule has 0 N–H and O–H groups in total. The predicted molar refractivity (Wildman–Crippen MR) is 46.9 cm³/mol. The van der Waals surface area contributed by atoms with Gasteiger partial charge < -0.3 is 0 Å². The van der Waals surface area contributed by atoms with Crippen LogP contribution < -0.4 is 0 Å². The number of nitrogens with zero attached hydrogens (tertiary/aromatic N) is 1. The van der Waals surface area contributed by atoms with Crippen LogP contribution in [0.2, 0.25) is 5.15 Å². The van der Waals surface area contributed by atoms with E-state index in [0.29, 0.717) is 6.07 Å². The van der Waals surface area contributed by atoms with Crippen LogP contribution in [0.4, 0.5) is 22.0 Å². The number of alkyl halides is 5. The quantitative estimate of drug-likeness (QED) is 0.551. The Morgan fingerprint density at radius 3 is 2.20 bits per heavy atom. The molecule has 0 fully saturated rings. The lowest BCUT2D eigenvalue weighted by Crippen LogP contribution is -2.09. The normalized spacial score (nSPS) is 12.3. The molecular formula is C7H2BrClF5N. The van der Waals surface area contributed by atoms with Crippen molar-refractivity contribution in [3.8, 4) is 0 Å². The molecule has 1 aromatic heterocycles. The first-order chi connectivity index (χ1) is 6.73. The minimum absolute atomic E-state index is 0.551. The summed E-state index contributed by atoms with van der Waals surface area (Å²) in [5.41, 5.74) is -2.06. The Kier molecular flexibility index (Phi) is 3.55. The highest BCUT2D eigenvalue weighted by molar-refractivity contribution is 9.10. The highest BCUT2D eigenvalue weighted by Crippen LogP contribution is 2.40. The third kappa shape index (κ3) is 2.78. The highest BCUT2D eigenvalue weighted by atomic mass is 79.9. The standard InChI is InChI=1S/C7H2BrClF5N/c8-2-1-3(6(10)11)15-5(9)4(2)7(12,13)14/h1,6H. The van der Waals surface area contributed by atoms with Crippen molar-refractivity contribution in [2.75, 3.05) is 0 Å². The van der Waals surface area contributed by atoms with E-state index in [1.54, 1.807) is 0 Å². The zero-order valence-electron chi connectivity index (χ0n) is 6.75. The Morgan fingerprint density at radius 2 is 1.87 bits per heavy atom. The molecule has 0 saturated heterocycles. The summed E-state index contributed by atoms with van der Waals surface area (Å²) < 4.78 is 60.6. The van der Waals surface area contributed by atoms with E-state index >= 15 is 0 Å². The van der Waals surface area contributed by atoms with Crippen LogP contribution in [0.1, 0.15) is 17.7 Å². The second-order valence-corrected chi connectivity index (χ2v) is 3.71. The van der Waals surface area contributed by atoms with Crippen LogP contribution in [-0.2, 0) is 6.18 Å². The fourth-order valence-corrected chi connectivity index (χ4v) is 1.93. The van der Waals surface area contributed by atoms with Crippen LogP contribution in [0.5, 0.6) is 0 Å². The van der Waals surface area contributed by atoms with Gasteiger partial charge in [0.25, 0.3) is 6.43 Å². The number of hydrogen-bond donors (Lipinski definition) is 0. The molecule has 0 aromatic carbocycles. The Hall–Kier alpha value is -0.430. The summed E-state index contributed by atoms with van der Waals surface area (Å²) >= 11 is 7.69. The summed E-state index contributed by atoms with van der Waals surface area (Å²) in [7, 11) is 0. The van der Waals surface area contributed by atoms with Gasteiger partial charge in [0.05, 0.1) is 0 Å². The highest BCUT2D eigenvalue weighted by Gasteiger charge is 2.37. The van der Waals surface area contributed by atoms with Crippen LogP contribution in [0, 0.1) is 0 Å². The fraction of sp³-hybridized carbons (Fsp3) is 0.286. The molecule has 0 aliphatic carbocycles. The minimum atomic E-state index is -4.73. The van der Waals surface area contributed by atoms with Gasteiger partial charge in [-0.15, -0.1) is 0 Å². The van der Waals surface area contributed by atoms with Crippen LogP contribution in [0.3, 0.4) is 0 Å². The molecule has 1 aromatic rings. The van der Waals surface area contributed by atoms with E-state index in [2.05, 4.69) is 20.9 Å². The van der Waals surface area contributed by atoms with Gasteiger partial charge in [0.1, 0.15) is 16.4 Å². The molecule has 0 aliphatic heterocycles. The smallest absolute Gasteiger partial charge is 0.234 e. The molecule has 0 spiro atoms. The van der Waals surface area contributed by atoms with Crippen LogP contribution in [0.25, 0.3) is 0 Å². The first kappa shape index (κ1) is 12.6. The van der Waals surface area contributed by atoms with E-state index in [1.807, 2.05) is 0 Å². The average Bonchev–Trinajstić information content (AvgIpc) is 1.99. The number of hydrogen-bond acceptors (Lipinski definition) is 1. The van der Waals surface area contributed by atoms with Gasteiger partial charge in [-0.25, -0.2) is 13.8 Å². The van der Waals surface area contributed by atoms with Crippen molar-refractivity contribution in [3.05, 3.63) is 26.9 Å². The second kappa shape index (κ2) is 4.21. The van der Waals surface area contributed by atoms with Crippen LogP contribution in [-0.4, -0.2) is 4.98 Å². The Bertz CT molecular complexity index is 355. The molecule has 0 amide bonds. The van der Waals surface area contributed by atoms with Crippen LogP contribution in [0.15, 0.2) is 10.5 Å². The summed E-state index contributed by atoms with van der Waals surface area (Å²) in [5.74, 6) is 0. The summed E-state index contributed by atoms with van der Waals surface area (Å²) in [6.45, 7) is 0. The molecule has 0 aliphatic rings. The van der Waals surface area contributed by atoms with Gasteiger partial charge in [0.2, 0.25) is 0 Å². The Balaban J connectivity index is 3.34. The number of halogens is 7. The monoisotopic (exact) mass is 309 g/mol. The van der Waals surface area contributed by atoms with E-state index in [1.165, 1.54) is 0 Å². The fourth-order valence-electron chi connectivity index (χ4n) is 0.866. The van der Waals surface area contributed by atoms with Crippen molar-refractivity contribution in [1.82, 2.24) is 4.98 Å². The summed E-state index contributed by atoms with van der Waals surface area (Å²) in [6.07, 6.45) is -7.70. The zero-order valence-corrected chi connectivity index (χ0v) is 9.09.